The summed E-state index contributed by atoms with van der Waals surface area (Å²) in [5.41, 5.74) is 3.10. The van der Waals surface area contributed by atoms with E-state index in [-0.39, 0.29) is 31.6 Å². The lowest BCUT2D eigenvalue weighted by molar-refractivity contribution is -0.141. The Labute approximate surface area is 122 Å². The van der Waals surface area contributed by atoms with Crippen LogP contribution in [0.3, 0.4) is 0 Å². The molecule has 1 aromatic heterocycles. The number of anilines is 1. The highest BCUT2D eigenvalue weighted by atomic mass is 19.4. The molecule has 2 heterocycles. The van der Waals surface area contributed by atoms with Crippen molar-refractivity contribution in [3.63, 3.8) is 0 Å². The van der Waals surface area contributed by atoms with E-state index in [0.717, 1.165) is 0 Å². The standard InChI is InChI=1S/C12H13F5N4O/c13-11(14)2-1-4-21(5-3-11)7-6-8(12(15,16)17)19-20-9(7)10(18)22/h6H,1-5H2,(H2,18,22). The summed E-state index contributed by atoms with van der Waals surface area (Å²) < 4.78 is 64.9. The van der Waals surface area contributed by atoms with E-state index in [4.69, 9.17) is 5.73 Å². The fourth-order valence-corrected chi connectivity index (χ4v) is 2.24. The van der Waals surface area contributed by atoms with E-state index < -0.39 is 35.8 Å². The van der Waals surface area contributed by atoms with Crippen LogP contribution in [0.1, 0.15) is 35.4 Å². The number of halogens is 5. The molecule has 1 amide bonds. The van der Waals surface area contributed by atoms with E-state index in [1.54, 1.807) is 0 Å². The largest absolute Gasteiger partial charge is 0.435 e. The number of amides is 1. The Morgan fingerprint density at radius 3 is 2.50 bits per heavy atom. The molecule has 0 aliphatic carbocycles. The van der Waals surface area contributed by atoms with Gasteiger partial charge in [0.25, 0.3) is 5.91 Å². The normalized spacial score (nSPS) is 18.9. The van der Waals surface area contributed by atoms with Gasteiger partial charge in [0.1, 0.15) is 0 Å². The summed E-state index contributed by atoms with van der Waals surface area (Å²) in [6, 6.07) is 0.622. The minimum atomic E-state index is -4.76. The van der Waals surface area contributed by atoms with Gasteiger partial charge < -0.3 is 10.6 Å². The SMILES string of the molecule is NC(=O)c1nnc(C(F)(F)F)cc1N1CCCC(F)(F)CC1. The molecule has 1 aliphatic rings. The fourth-order valence-electron chi connectivity index (χ4n) is 2.24. The molecule has 122 valence electrons. The molecule has 0 spiro atoms. The van der Waals surface area contributed by atoms with Crippen molar-refractivity contribution >= 4 is 11.6 Å². The molecule has 0 bridgehead atoms. The summed E-state index contributed by atoms with van der Waals surface area (Å²) in [7, 11) is 0. The second-order valence-corrected chi connectivity index (χ2v) is 5.02. The number of rotatable bonds is 2. The number of nitrogens with zero attached hydrogens (tertiary/aromatic N) is 3. The second kappa shape index (κ2) is 5.65. The van der Waals surface area contributed by atoms with Crippen LogP contribution in [-0.4, -0.2) is 35.1 Å². The first kappa shape index (κ1) is 16.4. The van der Waals surface area contributed by atoms with Crippen molar-refractivity contribution in [1.82, 2.24) is 10.2 Å². The Kier molecular flexibility index (Phi) is 4.21. The first-order valence-electron chi connectivity index (χ1n) is 6.48. The molecule has 0 unspecified atom stereocenters. The zero-order valence-corrected chi connectivity index (χ0v) is 11.3. The van der Waals surface area contributed by atoms with Crippen molar-refractivity contribution in [3.8, 4) is 0 Å². The lowest BCUT2D eigenvalue weighted by atomic mass is 10.1. The molecule has 22 heavy (non-hydrogen) atoms. The number of nitrogens with two attached hydrogens (primary N) is 1. The molecule has 1 aromatic rings. The monoisotopic (exact) mass is 324 g/mol. The number of carbonyl (C=O) groups excluding carboxylic acids is 1. The summed E-state index contributed by atoms with van der Waals surface area (Å²) >= 11 is 0. The van der Waals surface area contributed by atoms with Crippen LogP contribution < -0.4 is 10.6 Å². The first-order chi connectivity index (χ1) is 10.1. The van der Waals surface area contributed by atoms with E-state index in [0.29, 0.717) is 6.07 Å². The minimum Gasteiger partial charge on any atom is -0.369 e. The van der Waals surface area contributed by atoms with E-state index in [1.165, 1.54) is 4.90 Å². The van der Waals surface area contributed by atoms with E-state index in [2.05, 4.69) is 10.2 Å². The highest BCUT2D eigenvalue weighted by Gasteiger charge is 2.36. The Bertz CT molecular complexity index is 575. The van der Waals surface area contributed by atoms with Crippen molar-refractivity contribution in [3.05, 3.63) is 17.5 Å². The van der Waals surface area contributed by atoms with Crippen LogP contribution >= 0.6 is 0 Å². The summed E-state index contributed by atoms with van der Waals surface area (Å²) in [6.45, 7) is -0.116. The van der Waals surface area contributed by atoms with Crippen LogP contribution in [0, 0.1) is 0 Å². The predicted octanol–water partition coefficient (Wildman–Crippen LogP) is 2.22. The maximum absolute atomic E-state index is 13.4. The van der Waals surface area contributed by atoms with Crippen molar-refractivity contribution in [1.29, 1.82) is 0 Å². The smallest absolute Gasteiger partial charge is 0.369 e. The Morgan fingerprint density at radius 2 is 1.91 bits per heavy atom. The minimum absolute atomic E-state index is 0.0782. The Balaban J connectivity index is 2.40. The number of aromatic nitrogens is 2. The molecule has 2 N–H and O–H groups in total. The summed E-state index contributed by atoms with van der Waals surface area (Å²) in [4.78, 5) is 12.6. The van der Waals surface area contributed by atoms with Gasteiger partial charge in [0, 0.05) is 25.9 Å². The van der Waals surface area contributed by atoms with Crippen LogP contribution in [0.2, 0.25) is 0 Å². The van der Waals surface area contributed by atoms with Crippen LogP contribution in [0.4, 0.5) is 27.6 Å². The highest BCUT2D eigenvalue weighted by molar-refractivity contribution is 5.96. The van der Waals surface area contributed by atoms with Crippen LogP contribution in [0.15, 0.2) is 6.07 Å². The first-order valence-corrected chi connectivity index (χ1v) is 6.48. The van der Waals surface area contributed by atoms with Gasteiger partial charge in [0.15, 0.2) is 11.4 Å². The van der Waals surface area contributed by atoms with Gasteiger partial charge in [-0.3, -0.25) is 4.79 Å². The van der Waals surface area contributed by atoms with Gasteiger partial charge in [-0.15, -0.1) is 10.2 Å². The van der Waals surface area contributed by atoms with Gasteiger partial charge in [0.2, 0.25) is 5.92 Å². The third-order valence-electron chi connectivity index (χ3n) is 3.36. The van der Waals surface area contributed by atoms with Crippen LogP contribution in [0.25, 0.3) is 0 Å². The number of hydrogen-bond acceptors (Lipinski definition) is 4. The molecule has 0 saturated carbocycles. The van der Waals surface area contributed by atoms with Gasteiger partial charge in [-0.05, 0) is 12.5 Å². The molecule has 5 nitrogen and oxygen atoms in total. The number of alkyl halides is 5. The maximum atomic E-state index is 13.4. The summed E-state index contributed by atoms with van der Waals surface area (Å²) in [6.07, 6.45) is -5.56. The molecule has 1 saturated heterocycles. The third kappa shape index (κ3) is 3.60. The molecule has 10 heteroatoms. The van der Waals surface area contributed by atoms with Crippen molar-refractivity contribution in [2.24, 2.45) is 5.73 Å². The number of carbonyl (C=O) groups is 1. The quantitative estimate of drug-likeness (QED) is 0.847. The Hall–Kier alpha value is -2.00. The maximum Gasteiger partial charge on any atom is 0.435 e. The van der Waals surface area contributed by atoms with E-state index in [1.807, 2.05) is 0 Å². The average molecular weight is 324 g/mol. The lowest BCUT2D eigenvalue weighted by Crippen LogP contribution is -2.30. The van der Waals surface area contributed by atoms with Crippen LogP contribution in [-0.2, 0) is 6.18 Å². The van der Waals surface area contributed by atoms with Gasteiger partial charge in [-0.2, -0.15) is 13.2 Å². The highest BCUT2D eigenvalue weighted by Crippen LogP contribution is 2.34. The van der Waals surface area contributed by atoms with Gasteiger partial charge in [-0.25, -0.2) is 8.78 Å². The molecular formula is C12H13F5N4O. The van der Waals surface area contributed by atoms with Gasteiger partial charge in [0.05, 0.1) is 5.69 Å². The van der Waals surface area contributed by atoms with Crippen LogP contribution in [0.5, 0.6) is 0 Å². The lowest BCUT2D eigenvalue weighted by Gasteiger charge is -2.24. The summed E-state index contributed by atoms with van der Waals surface area (Å²) in [5.74, 6) is -3.94. The van der Waals surface area contributed by atoms with Crippen molar-refractivity contribution < 1.29 is 26.7 Å². The van der Waals surface area contributed by atoms with E-state index in [9.17, 15) is 26.7 Å². The Morgan fingerprint density at radius 1 is 1.23 bits per heavy atom. The van der Waals surface area contributed by atoms with E-state index >= 15 is 0 Å². The molecule has 0 aromatic carbocycles. The number of hydrogen-bond donors (Lipinski definition) is 1. The zero-order chi connectivity index (χ0) is 16.5. The van der Waals surface area contributed by atoms with Gasteiger partial charge in [-0.1, -0.05) is 0 Å². The predicted molar refractivity (Wildman–Crippen MR) is 66.6 cm³/mol. The number of primary amides is 1. The topological polar surface area (TPSA) is 72.1 Å². The zero-order valence-electron chi connectivity index (χ0n) is 11.3. The molecule has 1 fully saturated rings. The van der Waals surface area contributed by atoms with Crippen molar-refractivity contribution in [2.45, 2.75) is 31.4 Å². The average Bonchev–Trinajstić information content (AvgIpc) is 2.58. The van der Waals surface area contributed by atoms with Gasteiger partial charge >= 0.3 is 6.18 Å². The summed E-state index contributed by atoms with van der Waals surface area (Å²) in [5, 5.41) is 6.14. The molecule has 1 aliphatic heterocycles. The molecule has 0 radical (unpaired) electrons. The molecule has 2 rings (SSSR count). The second-order valence-electron chi connectivity index (χ2n) is 5.02. The third-order valence-corrected chi connectivity index (χ3v) is 3.36. The molecule has 0 atom stereocenters. The van der Waals surface area contributed by atoms with Crippen molar-refractivity contribution in [2.75, 3.05) is 18.0 Å². The molecular weight excluding hydrogens is 311 g/mol. The fraction of sp³-hybridized carbons (Fsp3) is 0.583.